The minimum absolute atomic E-state index is 0.132. The van der Waals surface area contributed by atoms with Crippen molar-refractivity contribution in [3.63, 3.8) is 0 Å². The van der Waals surface area contributed by atoms with Crippen LogP contribution in [-0.2, 0) is 9.59 Å². The van der Waals surface area contributed by atoms with Crippen LogP contribution in [0.2, 0.25) is 0 Å². The number of likely N-dealkylation sites (tertiary alicyclic amines) is 1. The van der Waals surface area contributed by atoms with Gasteiger partial charge in [0, 0.05) is 12.3 Å². The fourth-order valence-electron chi connectivity index (χ4n) is 8.74. The molecule has 4 rings (SSSR count). The number of ketones is 1. The molecule has 0 aromatic carbocycles. The van der Waals surface area contributed by atoms with E-state index < -0.39 is 17.0 Å². The highest BCUT2D eigenvalue weighted by Crippen LogP contribution is 2.49. The Bertz CT molecular complexity index is 718. The van der Waals surface area contributed by atoms with E-state index in [0.29, 0.717) is 30.0 Å². The fourth-order valence-corrected chi connectivity index (χ4v) is 8.74. The lowest BCUT2D eigenvalue weighted by atomic mass is 9.59. The molecule has 0 bridgehead atoms. The van der Waals surface area contributed by atoms with Crippen LogP contribution >= 0.6 is 0 Å². The number of piperidine rings is 1. The molecule has 4 aliphatic rings. The Morgan fingerprint density at radius 2 is 1.19 bits per heavy atom. The van der Waals surface area contributed by atoms with Crippen LogP contribution in [0.1, 0.15) is 129 Å². The van der Waals surface area contributed by atoms with E-state index in [9.17, 15) is 19.8 Å². The van der Waals surface area contributed by atoms with Crippen molar-refractivity contribution in [3.8, 4) is 0 Å². The molecule has 0 unspecified atom stereocenters. The summed E-state index contributed by atoms with van der Waals surface area (Å²) in [6.07, 6.45) is 20.0. The third kappa shape index (κ3) is 6.80. The van der Waals surface area contributed by atoms with Gasteiger partial charge in [-0.05, 0) is 128 Å². The van der Waals surface area contributed by atoms with E-state index in [1.54, 1.807) is 0 Å². The Labute approximate surface area is 226 Å². The number of hydrogen-bond donors (Lipinski definition) is 2. The zero-order valence-electron chi connectivity index (χ0n) is 23.9. The molecule has 2 N–H and O–H groups in total. The fraction of sp³-hybridized carbons (Fsp3) is 0.938. The molecule has 212 valence electrons. The van der Waals surface area contributed by atoms with Crippen molar-refractivity contribution in [3.05, 3.63) is 0 Å². The molecule has 4 fully saturated rings. The van der Waals surface area contributed by atoms with Gasteiger partial charge in [0.25, 0.3) is 0 Å². The van der Waals surface area contributed by atoms with E-state index in [4.69, 9.17) is 0 Å². The van der Waals surface area contributed by atoms with Gasteiger partial charge in [-0.1, -0.05) is 38.5 Å². The second-order valence-electron chi connectivity index (χ2n) is 13.8. The molecule has 0 spiro atoms. The Kier molecular flexibility index (Phi) is 10.2. The van der Waals surface area contributed by atoms with Gasteiger partial charge in [0.15, 0.2) is 0 Å². The summed E-state index contributed by atoms with van der Waals surface area (Å²) in [6.45, 7) is 6.78. The highest BCUT2D eigenvalue weighted by molar-refractivity contribution is 5.81. The van der Waals surface area contributed by atoms with Crippen molar-refractivity contribution in [2.45, 2.75) is 135 Å². The Balaban J connectivity index is 1.21. The lowest BCUT2D eigenvalue weighted by Crippen LogP contribution is -2.55. The molecule has 3 aliphatic carbocycles. The minimum Gasteiger partial charge on any atom is -0.481 e. The predicted octanol–water partition coefficient (Wildman–Crippen LogP) is 6.86. The first-order chi connectivity index (χ1) is 17.7. The number of carboxylic acid groups (broad SMARTS) is 1. The number of aliphatic hydroxyl groups is 1. The Morgan fingerprint density at radius 1 is 0.703 bits per heavy atom. The molecule has 5 heteroatoms. The van der Waals surface area contributed by atoms with E-state index in [2.05, 4.69) is 4.90 Å². The molecule has 1 heterocycles. The maximum atomic E-state index is 12.9. The highest BCUT2D eigenvalue weighted by Gasteiger charge is 2.49. The molecule has 3 saturated carbocycles. The average Bonchev–Trinajstić information content (AvgIpc) is 2.94. The molecule has 1 aliphatic heterocycles. The van der Waals surface area contributed by atoms with Crippen LogP contribution in [0.5, 0.6) is 0 Å². The smallest absolute Gasteiger partial charge is 0.309 e. The third-order valence-corrected chi connectivity index (χ3v) is 11.4. The van der Waals surface area contributed by atoms with E-state index in [1.807, 2.05) is 13.8 Å². The van der Waals surface area contributed by atoms with Crippen molar-refractivity contribution >= 4 is 11.8 Å². The normalized spacial score (nSPS) is 28.3. The highest BCUT2D eigenvalue weighted by atomic mass is 16.4. The van der Waals surface area contributed by atoms with Crippen molar-refractivity contribution < 1.29 is 19.8 Å². The summed E-state index contributed by atoms with van der Waals surface area (Å²) in [4.78, 5) is 27.0. The lowest BCUT2D eigenvalue weighted by molar-refractivity contribution is -0.151. The topological polar surface area (TPSA) is 77.8 Å². The average molecular weight is 518 g/mol. The molecule has 0 aromatic rings. The third-order valence-electron chi connectivity index (χ3n) is 11.4. The number of Topliss-reactive ketones (excluding diaryl/α,β-unsaturated/α-hetero) is 1. The van der Waals surface area contributed by atoms with Gasteiger partial charge in [-0.25, -0.2) is 0 Å². The van der Waals surface area contributed by atoms with Crippen LogP contribution in [0, 0.1) is 35.0 Å². The van der Waals surface area contributed by atoms with Gasteiger partial charge in [-0.3, -0.25) is 9.59 Å². The minimum atomic E-state index is -0.720. The van der Waals surface area contributed by atoms with Gasteiger partial charge >= 0.3 is 5.97 Å². The van der Waals surface area contributed by atoms with Gasteiger partial charge in [0.1, 0.15) is 5.78 Å². The largest absolute Gasteiger partial charge is 0.481 e. The van der Waals surface area contributed by atoms with Crippen LogP contribution in [0.3, 0.4) is 0 Å². The quantitative estimate of drug-likeness (QED) is 0.331. The molecule has 5 nitrogen and oxygen atoms in total. The molecule has 0 atom stereocenters. The molecular weight excluding hydrogens is 462 g/mol. The summed E-state index contributed by atoms with van der Waals surface area (Å²) in [5.74, 6) is 1.45. The molecule has 0 aromatic heterocycles. The predicted molar refractivity (Wildman–Crippen MR) is 148 cm³/mol. The summed E-state index contributed by atoms with van der Waals surface area (Å²) in [6, 6.07) is 0. The number of hydrogen-bond acceptors (Lipinski definition) is 4. The number of carbonyl (C=O) groups is 2. The van der Waals surface area contributed by atoms with Gasteiger partial charge < -0.3 is 15.1 Å². The Hall–Kier alpha value is -0.940. The van der Waals surface area contributed by atoms with Gasteiger partial charge in [-0.15, -0.1) is 0 Å². The molecule has 1 saturated heterocycles. The van der Waals surface area contributed by atoms with E-state index in [1.165, 1.54) is 64.2 Å². The first-order valence-electron chi connectivity index (χ1n) is 15.9. The van der Waals surface area contributed by atoms with Crippen LogP contribution in [0.25, 0.3) is 0 Å². The zero-order valence-corrected chi connectivity index (χ0v) is 23.9. The van der Waals surface area contributed by atoms with E-state index >= 15 is 0 Å². The van der Waals surface area contributed by atoms with Crippen molar-refractivity contribution in [1.82, 2.24) is 4.90 Å². The summed E-state index contributed by atoms with van der Waals surface area (Å²) in [7, 11) is 0. The van der Waals surface area contributed by atoms with Gasteiger partial charge in [0.2, 0.25) is 0 Å². The van der Waals surface area contributed by atoms with Crippen molar-refractivity contribution in [1.29, 1.82) is 0 Å². The first kappa shape index (κ1) is 29.1. The van der Waals surface area contributed by atoms with E-state index in [0.717, 1.165) is 64.6 Å². The summed E-state index contributed by atoms with van der Waals surface area (Å²) < 4.78 is 0. The van der Waals surface area contributed by atoms with Crippen LogP contribution in [0.15, 0.2) is 0 Å². The molecule has 0 amide bonds. The van der Waals surface area contributed by atoms with Crippen LogP contribution in [-0.4, -0.2) is 52.1 Å². The van der Waals surface area contributed by atoms with Crippen LogP contribution < -0.4 is 0 Å². The zero-order chi connectivity index (χ0) is 26.5. The maximum absolute atomic E-state index is 12.9. The van der Waals surface area contributed by atoms with Crippen molar-refractivity contribution in [2.24, 2.45) is 35.0 Å². The summed E-state index contributed by atoms with van der Waals surface area (Å²) in [5.41, 5.74) is -1.14. The molecule has 37 heavy (non-hydrogen) atoms. The standard InChI is InChI=1S/C32H55NO4/c1-31(2,30(35)36)25-17-15-24(16-18-25)29(34)14-9-21-33-22-19-28(20-23-33)32(37,26-10-5-3-6-11-26)27-12-7-4-8-13-27/h24-28,37H,3-23H2,1-2H3,(H,35,36). The van der Waals surface area contributed by atoms with Gasteiger partial charge in [0.05, 0.1) is 11.0 Å². The summed E-state index contributed by atoms with van der Waals surface area (Å²) >= 11 is 0. The maximum Gasteiger partial charge on any atom is 0.309 e. The second-order valence-corrected chi connectivity index (χ2v) is 13.8. The van der Waals surface area contributed by atoms with E-state index in [-0.39, 0.29) is 11.8 Å². The number of carboxylic acids is 1. The second kappa shape index (κ2) is 12.9. The number of aliphatic carboxylic acids is 1. The van der Waals surface area contributed by atoms with Crippen LogP contribution in [0.4, 0.5) is 0 Å². The number of carbonyl (C=O) groups excluding carboxylic acids is 1. The monoisotopic (exact) mass is 517 g/mol. The summed E-state index contributed by atoms with van der Waals surface area (Å²) in [5, 5.41) is 21.9. The molecule has 0 radical (unpaired) electrons. The SMILES string of the molecule is CC(C)(C(=O)O)C1CCC(C(=O)CCCN2CCC(C(O)(C3CCCCC3)C3CCCCC3)CC2)CC1. The van der Waals surface area contributed by atoms with Crippen molar-refractivity contribution in [2.75, 3.05) is 19.6 Å². The van der Waals surface area contributed by atoms with Gasteiger partial charge in [-0.2, -0.15) is 0 Å². The lowest BCUT2D eigenvalue weighted by Gasteiger charge is -2.52. The first-order valence-corrected chi connectivity index (χ1v) is 15.9. The Morgan fingerprint density at radius 3 is 1.68 bits per heavy atom. The number of rotatable bonds is 10. The molecular formula is C32H55NO4. The number of nitrogens with zero attached hydrogens (tertiary/aromatic N) is 1.